The van der Waals surface area contributed by atoms with E-state index >= 15 is 0 Å². The molecule has 0 rings (SSSR count). The minimum Gasteiger partial charge on any atom is -0.462 e. The lowest BCUT2D eigenvalue weighted by molar-refractivity contribution is -0.167. The summed E-state index contributed by atoms with van der Waals surface area (Å²) < 4.78 is 16.8. The highest BCUT2D eigenvalue weighted by molar-refractivity contribution is 5.71. The van der Waals surface area contributed by atoms with E-state index in [4.69, 9.17) is 14.2 Å². The summed E-state index contributed by atoms with van der Waals surface area (Å²) in [4.78, 5) is 38.1. The van der Waals surface area contributed by atoms with Gasteiger partial charge in [-0.15, -0.1) is 0 Å². The Balaban J connectivity index is 4.38. The number of unbranched alkanes of at least 4 members (excludes halogenated alkanes) is 26. The molecule has 0 aliphatic rings. The summed E-state index contributed by atoms with van der Waals surface area (Å²) in [7, 11) is 0. The number of hydrogen-bond acceptors (Lipinski definition) is 6. The van der Waals surface area contributed by atoms with Crippen LogP contribution in [0.2, 0.25) is 0 Å². The van der Waals surface area contributed by atoms with Crippen LogP contribution in [-0.2, 0) is 28.6 Å². The second kappa shape index (κ2) is 56.2. The van der Waals surface area contributed by atoms with Gasteiger partial charge in [0, 0.05) is 19.3 Å². The molecular formula is C62H106O6. The molecule has 0 aromatic heterocycles. The summed E-state index contributed by atoms with van der Waals surface area (Å²) in [5.41, 5.74) is 0. The van der Waals surface area contributed by atoms with Gasteiger partial charge < -0.3 is 14.2 Å². The van der Waals surface area contributed by atoms with Crippen LogP contribution in [0.4, 0.5) is 0 Å². The molecular weight excluding hydrogens is 841 g/mol. The molecule has 68 heavy (non-hydrogen) atoms. The summed E-state index contributed by atoms with van der Waals surface area (Å²) in [5.74, 6) is -0.918. The molecule has 0 aromatic rings. The second-order valence-corrected chi connectivity index (χ2v) is 18.8. The monoisotopic (exact) mass is 947 g/mol. The number of rotatable bonds is 51. The molecule has 0 saturated heterocycles. The maximum absolute atomic E-state index is 12.8. The van der Waals surface area contributed by atoms with Gasteiger partial charge in [-0.05, 0) is 89.9 Å². The average Bonchev–Trinajstić information content (AvgIpc) is 3.34. The van der Waals surface area contributed by atoms with E-state index < -0.39 is 6.10 Å². The summed E-state index contributed by atoms with van der Waals surface area (Å²) in [5, 5.41) is 0. The fourth-order valence-corrected chi connectivity index (χ4v) is 7.92. The summed E-state index contributed by atoms with van der Waals surface area (Å²) in [6, 6.07) is 0. The van der Waals surface area contributed by atoms with E-state index in [2.05, 4.69) is 106 Å². The Hall–Kier alpha value is -3.41. The molecule has 0 radical (unpaired) electrons. The number of carbonyl (C=O) groups excluding carboxylic acids is 3. The van der Waals surface area contributed by atoms with Gasteiger partial charge >= 0.3 is 17.9 Å². The molecule has 1 unspecified atom stereocenters. The first-order valence-electron chi connectivity index (χ1n) is 28.6. The van der Waals surface area contributed by atoms with Crippen LogP contribution in [0.3, 0.4) is 0 Å². The first-order valence-corrected chi connectivity index (χ1v) is 28.6. The van der Waals surface area contributed by atoms with Gasteiger partial charge in [-0.1, -0.05) is 247 Å². The van der Waals surface area contributed by atoms with Crippen LogP contribution in [-0.4, -0.2) is 37.2 Å². The van der Waals surface area contributed by atoms with Crippen molar-refractivity contribution in [3.8, 4) is 0 Å². The molecule has 6 nitrogen and oxygen atoms in total. The smallest absolute Gasteiger partial charge is 0.306 e. The predicted molar refractivity (Wildman–Crippen MR) is 293 cm³/mol. The molecule has 0 aliphatic heterocycles. The molecule has 0 bridgehead atoms. The van der Waals surface area contributed by atoms with E-state index in [1.165, 1.54) is 116 Å². The number of carbonyl (C=O) groups is 3. The zero-order valence-electron chi connectivity index (χ0n) is 44.6. The van der Waals surface area contributed by atoms with Crippen molar-refractivity contribution in [1.29, 1.82) is 0 Å². The Kier molecular flexibility index (Phi) is 53.4. The van der Waals surface area contributed by atoms with Crippen molar-refractivity contribution in [1.82, 2.24) is 0 Å². The highest BCUT2D eigenvalue weighted by atomic mass is 16.6. The molecule has 0 aliphatic carbocycles. The van der Waals surface area contributed by atoms with Crippen molar-refractivity contribution >= 4 is 17.9 Å². The molecule has 0 amide bonds. The van der Waals surface area contributed by atoms with E-state index in [0.717, 1.165) is 116 Å². The van der Waals surface area contributed by atoms with Gasteiger partial charge in [0.2, 0.25) is 0 Å². The largest absolute Gasteiger partial charge is 0.462 e. The first-order chi connectivity index (χ1) is 33.5. The molecule has 0 heterocycles. The third-order valence-electron chi connectivity index (χ3n) is 12.1. The van der Waals surface area contributed by atoms with Gasteiger partial charge in [0.25, 0.3) is 0 Å². The minimum absolute atomic E-state index is 0.0886. The molecule has 0 N–H and O–H groups in total. The lowest BCUT2D eigenvalue weighted by Gasteiger charge is -2.18. The minimum atomic E-state index is -0.791. The zero-order valence-corrected chi connectivity index (χ0v) is 44.6. The van der Waals surface area contributed by atoms with E-state index in [9.17, 15) is 14.4 Å². The Morgan fingerprint density at radius 2 is 0.574 bits per heavy atom. The normalized spacial score (nSPS) is 12.7. The van der Waals surface area contributed by atoms with Crippen LogP contribution >= 0.6 is 0 Å². The average molecular weight is 948 g/mol. The van der Waals surface area contributed by atoms with E-state index in [0.29, 0.717) is 19.3 Å². The highest BCUT2D eigenvalue weighted by Crippen LogP contribution is 2.16. The summed E-state index contributed by atoms with van der Waals surface area (Å²) in [6.07, 6.45) is 72.9. The van der Waals surface area contributed by atoms with E-state index in [-0.39, 0.29) is 31.1 Å². The zero-order chi connectivity index (χ0) is 49.3. The third kappa shape index (κ3) is 53.5. The van der Waals surface area contributed by atoms with Crippen LogP contribution in [0.1, 0.15) is 271 Å². The fraction of sp³-hybridized carbons (Fsp3) is 0.726. The number of hydrogen-bond donors (Lipinski definition) is 0. The maximum atomic E-state index is 12.8. The van der Waals surface area contributed by atoms with Crippen molar-refractivity contribution in [2.24, 2.45) is 0 Å². The van der Waals surface area contributed by atoms with Crippen LogP contribution < -0.4 is 0 Å². The van der Waals surface area contributed by atoms with Gasteiger partial charge in [-0.2, -0.15) is 0 Å². The topological polar surface area (TPSA) is 78.9 Å². The number of allylic oxidation sites excluding steroid dienone is 14. The van der Waals surface area contributed by atoms with E-state index in [1.807, 2.05) is 0 Å². The molecule has 390 valence electrons. The van der Waals surface area contributed by atoms with Gasteiger partial charge in [0.1, 0.15) is 13.2 Å². The Morgan fingerprint density at radius 1 is 0.309 bits per heavy atom. The van der Waals surface area contributed by atoms with Crippen molar-refractivity contribution in [3.05, 3.63) is 85.1 Å². The SMILES string of the molecule is CC/C=C\C/C=C\C/C=C\C/C=C\CCCCCCCCCCC(=O)OCC(COC(=O)CCCCC/C=C\C/C=C\C/C=C\CC)OC(=O)CCCCCCCCCCCCCCCCCC. The Labute approximate surface area is 420 Å². The predicted octanol–water partition coefficient (Wildman–Crippen LogP) is 19.2. The number of ether oxygens (including phenoxy) is 3. The number of esters is 3. The van der Waals surface area contributed by atoms with Crippen LogP contribution in [0.15, 0.2) is 85.1 Å². The van der Waals surface area contributed by atoms with Gasteiger partial charge in [-0.25, -0.2) is 0 Å². The highest BCUT2D eigenvalue weighted by Gasteiger charge is 2.19. The van der Waals surface area contributed by atoms with Gasteiger partial charge in [0.15, 0.2) is 6.10 Å². The lowest BCUT2D eigenvalue weighted by atomic mass is 10.0. The Morgan fingerprint density at radius 3 is 0.912 bits per heavy atom. The standard InChI is InChI=1S/C62H106O6/c1-4-7-10-13-16-19-22-25-27-29-30-31-32-33-35-37-40-43-46-49-52-55-61(64)67-58-59(57-66-60(63)54-51-48-45-42-39-36-24-21-18-15-12-9-6-3)68-62(65)56-53-50-47-44-41-38-34-28-26-23-20-17-14-11-8-5-2/h7,9-10,12,16,18-19,21,25,27,30-31,36,39,59H,4-6,8,11,13-15,17,20,22-24,26,28-29,32-35,37-38,40-58H2,1-3H3/b10-7-,12-9-,19-16-,21-18-,27-25-,31-30-,39-36-. The summed E-state index contributed by atoms with van der Waals surface area (Å²) >= 11 is 0. The van der Waals surface area contributed by atoms with Crippen LogP contribution in [0.25, 0.3) is 0 Å². The molecule has 0 spiro atoms. The van der Waals surface area contributed by atoms with E-state index in [1.54, 1.807) is 0 Å². The fourth-order valence-electron chi connectivity index (χ4n) is 7.92. The second-order valence-electron chi connectivity index (χ2n) is 18.8. The summed E-state index contributed by atoms with van der Waals surface area (Å²) in [6.45, 7) is 6.40. The van der Waals surface area contributed by atoms with Gasteiger partial charge in [-0.3, -0.25) is 14.4 Å². The first kappa shape index (κ1) is 64.6. The van der Waals surface area contributed by atoms with Crippen molar-refractivity contribution in [2.75, 3.05) is 13.2 Å². The maximum Gasteiger partial charge on any atom is 0.306 e. The van der Waals surface area contributed by atoms with Crippen LogP contribution in [0.5, 0.6) is 0 Å². The van der Waals surface area contributed by atoms with Crippen molar-refractivity contribution < 1.29 is 28.6 Å². The quantitative estimate of drug-likeness (QED) is 0.0262. The molecule has 0 fully saturated rings. The third-order valence-corrected chi connectivity index (χ3v) is 12.1. The Bertz CT molecular complexity index is 1320. The molecule has 0 aromatic carbocycles. The molecule has 0 saturated carbocycles. The lowest BCUT2D eigenvalue weighted by Crippen LogP contribution is -2.30. The molecule has 1 atom stereocenters. The van der Waals surface area contributed by atoms with Crippen molar-refractivity contribution in [2.45, 2.75) is 277 Å². The van der Waals surface area contributed by atoms with Crippen molar-refractivity contribution in [3.63, 3.8) is 0 Å². The van der Waals surface area contributed by atoms with Crippen LogP contribution in [0, 0.1) is 0 Å². The molecule has 6 heteroatoms. The van der Waals surface area contributed by atoms with Gasteiger partial charge in [0.05, 0.1) is 0 Å².